The molecule has 2 heterocycles. The fourth-order valence-corrected chi connectivity index (χ4v) is 1.87. The van der Waals surface area contributed by atoms with Crippen molar-refractivity contribution in [2.45, 2.75) is 33.1 Å². The van der Waals surface area contributed by atoms with E-state index in [0.717, 1.165) is 5.82 Å². The van der Waals surface area contributed by atoms with Gasteiger partial charge in [-0.05, 0) is 6.92 Å². The van der Waals surface area contributed by atoms with Gasteiger partial charge in [-0.25, -0.2) is 9.38 Å². The lowest BCUT2D eigenvalue weighted by Gasteiger charge is -2.17. The van der Waals surface area contributed by atoms with Crippen LogP contribution in [-0.4, -0.2) is 38.6 Å². The van der Waals surface area contributed by atoms with Gasteiger partial charge in [0, 0.05) is 23.3 Å². The second-order valence-electron chi connectivity index (χ2n) is 6.08. The van der Waals surface area contributed by atoms with Gasteiger partial charge < -0.3 is 10.1 Å². The molecule has 7 heteroatoms. The Morgan fingerprint density at radius 2 is 2.14 bits per heavy atom. The zero-order valence-corrected chi connectivity index (χ0v) is 13.4. The van der Waals surface area contributed by atoms with Crippen molar-refractivity contribution in [1.82, 2.24) is 24.9 Å². The zero-order valence-electron chi connectivity index (χ0n) is 13.4. The van der Waals surface area contributed by atoms with E-state index in [1.54, 1.807) is 23.6 Å². The summed E-state index contributed by atoms with van der Waals surface area (Å²) in [7, 11) is 0. The van der Waals surface area contributed by atoms with Crippen molar-refractivity contribution >= 4 is 11.7 Å². The molecule has 0 unspecified atom stereocenters. The van der Waals surface area contributed by atoms with Crippen molar-refractivity contribution in [1.29, 1.82) is 0 Å². The average molecular weight is 303 g/mol. The van der Waals surface area contributed by atoms with Gasteiger partial charge in [0.25, 0.3) is 5.78 Å². The van der Waals surface area contributed by atoms with Crippen LogP contribution in [0.2, 0.25) is 0 Å². The predicted octanol–water partition coefficient (Wildman–Crippen LogP) is 1.49. The summed E-state index contributed by atoms with van der Waals surface area (Å²) < 4.78 is 7.53. The normalized spacial score (nSPS) is 11.5. The van der Waals surface area contributed by atoms with E-state index in [0.29, 0.717) is 30.4 Å². The topological polar surface area (TPSA) is 81.4 Å². The molecule has 0 radical (unpaired) electrons. The Morgan fingerprint density at radius 3 is 2.77 bits per heavy atom. The predicted molar refractivity (Wildman–Crippen MR) is 82.8 cm³/mol. The number of carbonyl (C=O) groups excluding carboxylic acids is 1. The van der Waals surface area contributed by atoms with Crippen LogP contribution in [0, 0.1) is 0 Å². The maximum absolute atomic E-state index is 11.4. The highest BCUT2D eigenvalue weighted by Gasteiger charge is 2.23. The van der Waals surface area contributed by atoms with E-state index in [4.69, 9.17) is 4.74 Å². The molecule has 0 spiro atoms. The van der Waals surface area contributed by atoms with Gasteiger partial charge in [0.05, 0.1) is 6.54 Å². The molecule has 7 nitrogen and oxygen atoms in total. The smallest absolute Gasteiger partial charge is 0.257 e. The third-order valence-corrected chi connectivity index (χ3v) is 2.97. The van der Waals surface area contributed by atoms with Gasteiger partial charge in [-0.1, -0.05) is 27.4 Å². The van der Waals surface area contributed by atoms with Crippen molar-refractivity contribution in [2.24, 2.45) is 0 Å². The summed E-state index contributed by atoms with van der Waals surface area (Å²) in [6.45, 7) is 12.1. The van der Waals surface area contributed by atoms with Gasteiger partial charge in [0.15, 0.2) is 0 Å². The van der Waals surface area contributed by atoms with E-state index >= 15 is 0 Å². The molecule has 0 saturated heterocycles. The molecule has 0 aromatic carbocycles. The van der Waals surface area contributed by atoms with Crippen molar-refractivity contribution < 1.29 is 9.53 Å². The number of fused-ring (bicyclic) bond motifs is 1. The van der Waals surface area contributed by atoms with Crippen molar-refractivity contribution in [2.75, 3.05) is 13.2 Å². The fourth-order valence-electron chi connectivity index (χ4n) is 1.87. The average Bonchev–Trinajstić information content (AvgIpc) is 2.87. The molecule has 0 bridgehead atoms. The number of carbonyl (C=O) groups is 1. The minimum absolute atomic E-state index is 0.178. The van der Waals surface area contributed by atoms with Crippen molar-refractivity contribution in [3.63, 3.8) is 0 Å². The highest BCUT2D eigenvalue weighted by atomic mass is 16.5. The number of hydrogen-bond acceptors (Lipinski definition) is 5. The summed E-state index contributed by atoms with van der Waals surface area (Å²) in [5, 5.41) is 11.0. The Balaban J connectivity index is 2.13. The van der Waals surface area contributed by atoms with Gasteiger partial charge in [-0.2, -0.15) is 0 Å². The fraction of sp³-hybridized carbons (Fsp3) is 0.467. The number of ether oxygens (including phenoxy) is 1. The number of amides is 1. The SMILES string of the molecule is C=C(C)C(=O)NCCOc1ccnc2nnc(C(C)(C)C)n12. The molecule has 2 aromatic heterocycles. The van der Waals surface area contributed by atoms with E-state index < -0.39 is 0 Å². The lowest BCUT2D eigenvalue weighted by atomic mass is 9.96. The van der Waals surface area contributed by atoms with E-state index in [2.05, 4.69) is 27.1 Å². The summed E-state index contributed by atoms with van der Waals surface area (Å²) in [6.07, 6.45) is 1.62. The lowest BCUT2D eigenvalue weighted by Crippen LogP contribution is -2.28. The zero-order chi connectivity index (χ0) is 16.3. The largest absolute Gasteiger partial charge is 0.477 e. The highest BCUT2D eigenvalue weighted by molar-refractivity contribution is 5.92. The number of nitrogens with zero attached hydrogens (tertiary/aromatic N) is 4. The standard InChI is InChI=1S/C15H21N5O2/c1-10(2)12(21)16-8-9-22-11-6-7-17-14-19-18-13(20(11)14)15(3,4)5/h6-7H,1,8-9H2,2-5H3,(H,16,21). The number of rotatable bonds is 5. The quantitative estimate of drug-likeness (QED) is 0.668. The molecular formula is C15H21N5O2. The molecule has 1 N–H and O–H groups in total. The van der Waals surface area contributed by atoms with Crippen LogP contribution in [0.3, 0.4) is 0 Å². The van der Waals surface area contributed by atoms with Crippen LogP contribution in [0.4, 0.5) is 0 Å². The van der Waals surface area contributed by atoms with Crippen LogP contribution in [0.25, 0.3) is 5.78 Å². The third-order valence-electron chi connectivity index (χ3n) is 2.97. The molecule has 0 fully saturated rings. The van der Waals surface area contributed by atoms with Crippen LogP contribution in [0.15, 0.2) is 24.4 Å². The molecule has 0 atom stereocenters. The van der Waals surface area contributed by atoms with Gasteiger partial charge >= 0.3 is 0 Å². The second-order valence-corrected chi connectivity index (χ2v) is 6.08. The van der Waals surface area contributed by atoms with Crippen LogP contribution in [-0.2, 0) is 10.2 Å². The highest BCUT2D eigenvalue weighted by Crippen LogP contribution is 2.24. The minimum Gasteiger partial charge on any atom is -0.477 e. The van der Waals surface area contributed by atoms with Gasteiger partial charge in [0.1, 0.15) is 12.4 Å². The van der Waals surface area contributed by atoms with Crippen LogP contribution >= 0.6 is 0 Å². The first-order valence-corrected chi connectivity index (χ1v) is 7.08. The van der Waals surface area contributed by atoms with E-state index in [-0.39, 0.29) is 11.3 Å². The molecule has 1 amide bonds. The molecule has 0 saturated carbocycles. The van der Waals surface area contributed by atoms with E-state index in [1.165, 1.54) is 0 Å². The summed E-state index contributed by atoms with van der Waals surface area (Å²) in [4.78, 5) is 15.6. The third kappa shape index (κ3) is 3.41. The summed E-state index contributed by atoms with van der Waals surface area (Å²) in [5.74, 6) is 1.69. The van der Waals surface area contributed by atoms with E-state index in [9.17, 15) is 4.79 Å². The van der Waals surface area contributed by atoms with Crippen LogP contribution in [0.1, 0.15) is 33.5 Å². The van der Waals surface area contributed by atoms with E-state index in [1.807, 2.05) is 20.8 Å². The molecule has 0 aliphatic rings. The molecule has 2 aromatic rings. The molecule has 0 aliphatic carbocycles. The first-order valence-electron chi connectivity index (χ1n) is 7.08. The lowest BCUT2D eigenvalue weighted by molar-refractivity contribution is -0.117. The monoisotopic (exact) mass is 303 g/mol. The molecule has 118 valence electrons. The Kier molecular flexibility index (Phi) is 4.44. The first kappa shape index (κ1) is 15.9. The minimum atomic E-state index is -0.186. The molecule has 0 aliphatic heterocycles. The maximum atomic E-state index is 11.4. The van der Waals surface area contributed by atoms with Crippen LogP contribution < -0.4 is 10.1 Å². The first-order chi connectivity index (χ1) is 10.3. The van der Waals surface area contributed by atoms with Gasteiger partial charge in [-0.3, -0.25) is 4.79 Å². The van der Waals surface area contributed by atoms with Gasteiger partial charge in [-0.15, -0.1) is 10.2 Å². The maximum Gasteiger partial charge on any atom is 0.257 e. The summed E-state index contributed by atoms with van der Waals surface area (Å²) in [5.41, 5.74) is 0.287. The Hall–Kier alpha value is -2.44. The molecule has 2 rings (SSSR count). The number of hydrogen-bond donors (Lipinski definition) is 1. The Labute approximate surface area is 129 Å². The Morgan fingerprint density at radius 1 is 1.41 bits per heavy atom. The van der Waals surface area contributed by atoms with Crippen molar-refractivity contribution in [3.8, 4) is 5.88 Å². The van der Waals surface area contributed by atoms with Gasteiger partial charge in [0.2, 0.25) is 11.8 Å². The number of nitrogens with one attached hydrogen (secondary N) is 1. The molecular weight excluding hydrogens is 282 g/mol. The molecule has 22 heavy (non-hydrogen) atoms. The number of aromatic nitrogens is 4. The van der Waals surface area contributed by atoms with Crippen LogP contribution in [0.5, 0.6) is 5.88 Å². The summed E-state index contributed by atoms with van der Waals surface area (Å²) >= 11 is 0. The van der Waals surface area contributed by atoms with Crippen molar-refractivity contribution in [3.05, 3.63) is 30.2 Å². The second kappa shape index (κ2) is 6.13. The summed E-state index contributed by atoms with van der Waals surface area (Å²) in [6, 6.07) is 1.76. The Bertz CT molecular complexity index is 700.